The van der Waals surface area contributed by atoms with Crippen molar-refractivity contribution in [3.63, 3.8) is 0 Å². The number of alkyl halides is 1. The van der Waals surface area contributed by atoms with E-state index in [1.54, 1.807) is 31.2 Å². The van der Waals surface area contributed by atoms with E-state index in [4.69, 9.17) is 9.47 Å². The predicted octanol–water partition coefficient (Wildman–Crippen LogP) is 2.35. The van der Waals surface area contributed by atoms with Crippen molar-refractivity contribution in [2.24, 2.45) is 0 Å². The normalized spacial score (nSPS) is 12.6. The lowest BCUT2D eigenvalue weighted by Crippen LogP contribution is -2.30. The van der Waals surface area contributed by atoms with Crippen molar-refractivity contribution in [3.05, 3.63) is 29.8 Å². The van der Waals surface area contributed by atoms with Crippen LogP contribution in [0.1, 0.15) is 31.1 Å². The smallest absolute Gasteiger partial charge is 0.319 e. The predicted molar refractivity (Wildman–Crippen MR) is 81.9 cm³/mol. The second-order valence-corrected chi connectivity index (χ2v) is 6.42. The molecule has 1 N–H and O–H groups in total. The van der Waals surface area contributed by atoms with Crippen molar-refractivity contribution >= 4 is 27.7 Å². The quantitative estimate of drug-likeness (QED) is 0.350. The Morgan fingerprint density at radius 3 is 2.29 bits per heavy atom. The summed E-state index contributed by atoms with van der Waals surface area (Å²) < 4.78 is 10.3. The molecule has 0 spiro atoms. The molecule has 0 heterocycles. The van der Waals surface area contributed by atoms with Crippen molar-refractivity contribution in [2.75, 3.05) is 13.2 Å². The lowest BCUT2D eigenvalue weighted by molar-refractivity contribution is -0.143. The number of Topliss-reactive ketones (excluding diaryl/α,β-unsaturated/α-hetero) is 1. The molecule has 1 aromatic rings. The van der Waals surface area contributed by atoms with Crippen LogP contribution in [0.5, 0.6) is 5.75 Å². The molecule has 0 saturated heterocycles. The second-order valence-electron chi connectivity index (χ2n) is 5.04. The molecule has 0 aliphatic carbocycles. The van der Waals surface area contributed by atoms with Gasteiger partial charge in [0.1, 0.15) is 29.4 Å². The molecular formula is C15H19BrO5. The molecule has 1 rings (SSSR count). The van der Waals surface area contributed by atoms with Gasteiger partial charge in [-0.1, -0.05) is 15.9 Å². The molecule has 1 unspecified atom stereocenters. The van der Waals surface area contributed by atoms with E-state index in [9.17, 15) is 14.7 Å². The molecule has 1 atom stereocenters. The maximum Gasteiger partial charge on any atom is 0.319 e. The second kappa shape index (κ2) is 7.56. The van der Waals surface area contributed by atoms with Crippen LogP contribution in [-0.4, -0.2) is 40.5 Å². The van der Waals surface area contributed by atoms with Crippen LogP contribution >= 0.6 is 15.9 Å². The first-order valence-electron chi connectivity index (χ1n) is 6.52. The highest BCUT2D eigenvalue weighted by molar-refractivity contribution is 9.10. The van der Waals surface area contributed by atoms with E-state index >= 15 is 0 Å². The number of ether oxygens (including phenoxy) is 2. The lowest BCUT2D eigenvalue weighted by Gasteiger charge is -2.15. The Bertz CT molecular complexity index is 488. The minimum absolute atomic E-state index is 0.152. The number of benzene rings is 1. The van der Waals surface area contributed by atoms with E-state index in [0.717, 1.165) is 0 Å². The third-order valence-corrected chi connectivity index (χ3v) is 2.97. The average molecular weight is 359 g/mol. The molecule has 1 aromatic carbocycles. The van der Waals surface area contributed by atoms with E-state index in [2.05, 4.69) is 15.9 Å². The number of hydrogen-bond acceptors (Lipinski definition) is 5. The van der Waals surface area contributed by atoms with E-state index in [1.807, 2.05) is 0 Å². The summed E-state index contributed by atoms with van der Waals surface area (Å²) in [4.78, 5) is 22.7. The van der Waals surface area contributed by atoms with Crippen LogP contribution in [0.3, 0.4) is 0 Å². The van der Waals surface area contributed by atoms with Gasteiger partial charge in [-0.2, -0.15) is 0 Å². The Balaban J connectivity index is 2.45. The highest BCUT2D eigenvalue weighted by Crippen LogP contribution is 2.17. The van der Waals surface area contributed by atoms with Gasteiger partial charge in [-0.3, -0.25) is 9.59 Å². The van der Waals surface area contributed by atoms with Gasteiger partial charge in [0.2, 0.25) is 0 Å². The summed E-state index contributed by atoms with van der Waals surface area (Å²) in [6.07, 6.45) is 0. The summed E-state index contributed by atoms with van der Waals surface area (Å²) in [6, 6.07) is 6.44. The standard InChI is InChI=1S/C15H19BrO5/c1-10(16)14(18)21-9-8-20-12-6-4-11(5-7-12)13(17)15(2,3)19/h4-7,10,19H,8-9H2,1-3H3. The minimum Gasteiger partial charge on any atom is -0.490 e. The van der Waals surface area contributed by atoms with Crippen molar-refractivity contribution < 1.29 is 24.2 Å². The summed E-state index contributed by atoms with van der Waals surface area (Å²) in [5, 5.41) is 9.65. The Morgan fingerprint density at radius 1 is 1.24 bits per heavy atom. The summed E-state index contributed by atoms with van der Waals surface area (Å²) >= 11 is 3.11. The molecule has 0 aliphatic rings. The first-order chi connectivity index (χ1) is 9.71. The van der Waals surface area contributed by atoms with E-state index in [0.29, 0.717) is 11.3 Å². The first kappa shape index (κ1) is 17.7. The van der Waals surface area contributed by atoms with Gasteiger partial charge < -0.3 is 14.6 Å². The zero-order chi connectivity index (χ0) is 16.0. The zero-order valence-corrected chi connectivity index (χ0v) is 13.8. The first-order valence-corrected chi connectivity index (χ1v) is 7.44. The number of carbonyl (C=O) groups is 2. The minimum atomic E-state index is -1.40. The monoisotopic (exact) mass is 358 g/mol. The van der Waals surface area contributed by atoms with Gasteiger partial charge in [0.05, 0.1) is 0 Å². The maximum atomic E-state index is 11.8. The SMILES string of the molecule is CC(Br)C(=O)OCCOc1ccc(C(=O)C(C)(C)O)cc1. The highest BCUT2D eigenvalue weighted by atomic mass is 79.9. The molecule has 0 aliphatic heterocycles. The third kappa shape index (κ3) is 5.85. The summed E-state index contributed by atoms with van der Waals surface area (Å²) in [6.45, 7) is 4.95. The zero-order valence-electron chi connectivity index (χ0n) is 12.3. The van der Waals surface area contributed by atoms with Crippen LogP contribution in [0.4, 0.5) is 0 Å². The lowest BCUT2D eigenvalue weighted by atomic mass is 9.97. The third-order valence-electron chi connectivity index (χ3n) is 2.59. The van der Waals surface area contributed by atoms with Crippen LogP contribution in [0.25, 0.3) is 0 Å². The van der Waals surface area contributed by atoms with Gasteiger partial charge in [0.25, 0.3) is 0 Å². The topological polar surface area (TPSA) is 72.8 Å². The van der Waals surface area contributed by atoms with Crippen molar-refractivity contribution in [1.29, 1.82) is 0 Å². The number of hydrogen-bond donors (Lipinski definition) is 1. The molecular weight excluding hydrogens is 340 g/mol. The van der Waals surface area contributed by atoms with Crippen LogP contribution in [0.15, 0.2) is 24.3 Å². The van der Waals surface area contributed by atoms with Crippen LogP contribution < -0.4 is 4.74 Å². The largest absolute Gasteiger partial charge is 0.490 e. The van der Waals surface area contributed by atoms with Gasteiger partial charge in [-0.05, 0) is 45.0 Å². The number of esters is 1. The van der Waals surface area contributed by atoms with Gasteiger partial charge >= 0.3 is 5.97 Å². The van der Waals surface area contributed by atoms with Gasteiger partial charge in [-0.25, -0.2) is 0 Å². The number of rotatable bonds is 7. The van der Waals surface area contributed by atoms with Crippen molar-refractivity contribution in [3.8, 4) is 5.75 Å². The fraction of sp³-hybridized carbons (Fsp3) is 0.467. The van der Waals surface area contributed by atoms with Gasteiger partial charge in [-0.15, -0.1) is 0 Å². The van der Waals surface area contributed by atoms with Crippen molar-refractivity contribution in [1.82, 2.24) is 0 Å². The molecule has 5 nitrogen and oxygen atoms in total. The Morgan fingerprint density at radius 2 is 1.81 bits per heavy atom. The van der Waals surface area contributed by atoms with E-state index in [-0.39, 0.29) is 29.8 Å². The van der Waals surface area contributed by atoms with Gasteiger partial charge in [0.15, 0.2) is 5.78 Å². The summed E-state index contributed by atoms with van der Waals surface area (Å²) in [7, 11) is 0. The average Bonchev–Trinajstić information content (AvgIpc) is 2.42. The molecule has 6 heteroatoms. The molecule has 0 radical (unpaired) electrons. The van der Waals surface area contributed by atoms with E-state index < -0.39 is 5.60 Å². The maximum absolute atomic E-state index is 11.8. The molecule has 116 valence electrons. The van der Waals surface area contributed by atoms with E-state index in [1.165, 1.54) is 13.8 Å². The van der Waals surface area contributed by atoms with Crippen molar-refractivity contribution in [2.45, 2.75) is 31.2 Å². The Kier molecular flexibility index (Phi) is 6.36. The fourth-order valence-electron chi connectivity index (χ4n) is 1.47. The molecule has 21 heavy (non-hydrogen) atoms. The number of ketones is 1. The molecule has 0 saturated carbocycles. The van der Waals surface area contributed by atoms with Gasteiger partial charge in [0, 0.05) is 5.56 Å². The number of aliphatic hydroxyl groups is 1. The Hall–Kier alpha value is -1.40. The highest BCUT2D eigenvalue weighted by Gasteiger charge is 2.24. The molecule has 0 aromatic heterocycles. The fourth-order valence-corrected chi connectivity index (χ4v) is 1.60. The molecule has 0 amide bonds. The summed E-state index contributed by atoms with van der Waals surface area (Å²) in [5.41, 5.74) is -0.988. The number of carbonyl (C=O) groups excluding carboxylic acids is 2. The summed E-state index contributed by atoms with van der Waals surface area (Å²) in [5.74, 6) is -0.135. The van der Waals surface area contributed by atoms with Crippen LogP contribution in [-0.2, 0) is 9.53 Å². The van der Waals surface area contributed by atoms with Crippen LogP contribution in [0.2, 0.25) is 0 Å². The Labute approximate surface area is 132 Å². The van der Waals surface area contributed by atoms with Crippen LogP contribution in [0, 0.1) is 0 Å². The molecule has 0 fully saturated rings. The number of halogens is 1. The molecule has 0 bridgehead atoms.